The van der Waals surface area contributed by atoms with Gasteiger partial charge in [-0.2, -0.15) is 13.2 Å². The molecule has 0 aromatic carbocycles. The lowest BCUT2D eigenvalue weighted by Crippen LogP contribution is -2.52. The maximum absolute atomic E-state index is 12.0. The third-order valence-electron chi connectivity index (χ3n) is 4.36. The van der Waals surface area contributed by atoms with E-state index in [0.29, 0.717) is 25.7 Å². The Hall–Kier alpha value is -0.860. The smallest absolute Gasteiger partial charge is 0.379 e. The number of morpholine rings is 1. The lowest BCUT2D eigenvalue weighted by atomic mass is 9.92. The first kappa shape index (κ1) is 21.2. The second kappa shape index (κ2) is 10.9. The normalized spacial score (nSPS) is 17.9. The summed E-state index contributed by atoms with van der Waals surface area (Å²) in [6.45, 7) is 6.29. The van der Waals surface area contributed by atoms with Crippen molar-refractivity contribution in [1.82, 2.24) is 10.2 Å². The van der Waals surface area contributed by atoms with Crippen molar-refractivity contribution in [3.8, 4) is 0 Å². The second-order valence-electron chi connectivity index (χ2n) is 6.01. The first-order valence-corrected chi connectivity index (χ1v) is 8.60. The van der Waals surface area contributed by atoms with Crippen molar-refractivity contribution in [3.63, 3.8) is 0 Å². The molecule has 0 radical (unpaired) electrons. The van der Waals surface area contributed by atoms with Crippen LogP contribution in [0.25, 0.3) is 0 Å². The van der Waals surface area contributed by atoms with Gasteiger partial charge < -0.3 is 14.8 Å². The molecule has 0 spiro atoms. The first-order chi connectivity index (χ1) is 11.4. The first-order valence-electron chi connectivity index (χ1n) is 8.60. The second-order valence-corrected chi connectivity index (χ2v) is 6.01. The van der Waals surface area contributed by atoms with E-state index in [-0.39, 0.29) is 25.0 Å². The van der Waals surface area contributed by atoms with Crippen LogP contribution in [0.2, 0.25) is 0 Å². The number of ether oxygens (including phenoxy) is 2. The number of carbonyl (C=O) groups is 1. The van der Waals surface area contributed by atoms with Crippen LogP contribution in [0.4, 0.5) is 13.2 Å². The van der Waals surface area contributed by atoms with E-state index in [4.69, 9.17) is 4.74 Å². The molecule has 1 atom stereocenters. The fraction of sp³-hybridized carbons (Fsp3) is 0.938. The summed E-state index contributed by atoms with van der Waals surface area (Å²) in [5, 5.41) is 2.84. The van der Waals surface area contributed by atoms with E-state index in [9.17, 15) is 18.0 Å². The van der Waals surface area contributed by atoms with Crippen LogP contribution in [0.5, 0.6) is 0 Å². The summed E-state index contributed by atoms with van der Waals surface area (Å²) < 4.78 is 45.7. The van der Waals surface area contributed by atoms with Gasteiger partial charge in [-0.1, -0.05) is 26.7 Å². The molecule has 0 saturated carbocycles. The van der Waals surface area contributed by atoms with E-state index >= 15 is 0 Å². The van der Waals surface area contributed by atoms with E-state index in [1.165, 1.54) is 0 Å². The summed E-state index contributed by atoms with van der Waals surface area (Å²) >= 11 is 0. The van der Waals surface area contributed by atoms with Crippen LogP contribution in [0, 0.1) is 5.92 Å². The van der Waals surface area contributed by atoms with Crippen molar-refractivity contribution in [2.75, 3.05) is 46.1 Å². The largest absolute Gasteiger partial charge is 0.411 e. The highest BCUT2D eigenvalue weighted by Gasteiger charge is 2.28. The minimum absolute atomic E-state index is 0.0607. The lowest BCUT2D eigenvalue weighted by Gasteiger charge is -2.38. The van der Waals surface area contributed by atoms with Crippen LogP contribution in [-0.2, 0) is 14.3 Å². The van der Waals surface area contributed by atoms with Gasteiger partial charge in [0.05, 0.1) is 19.8 Å². The summed E-state index contributed by atoms with van der Waals surface area (Å²) in [6.07, 6.45) is -2.38. The Kier molecular flexibility index (Phi) is 9.61. The molecule has 1 heterocycles. The SMILES string of the molecule is CCC(CC)C(CNC(=O)CCOCC(F)(F)F)N1CCOCC1. The molecule has 0 aromatic rings. The third-order valence-corrected chi connectivity index (χ3v) is 4.36. The average Bonchev–Trinajstić information content (AvgIpc) is 2.55. The van der Waals surface area contributed by atoms with Crippen molar-refractivity contribution in [2.45, 2.75) is 45.3 Å². The highest BCUT2D eigenvalue weighted by atomic mass is 19.4. The number of amides is 1. The molecule has 24 heavy (non-hydrogen) atoms. The van der Waals surface area contributed by atoms with Gasteiger partial charge in [-0.15, -0.1) is 0 Å². The monoisotopic (exact) mass is 354 g/mol. The van der Waals surface area contributed by atoms with E-state index in [1.807, 2.05) is 0 Å². The van der Waals surface area contributed by atoms with Gasteiger partial charge in [0.2, 0.25) is 5.91 Å². The van der Waals surface area contributed by atoms with E-state index in [2.05, 4.69) is 28.8 Å². The zero-order valence-corrected chi connectivity index (χ0v) is 14.5. The molecule has 1 rings (SSSR count). The molecule has 0 bridgehead atoms. The number of nitrogens with zero attached hydrogens (tertiary/aromatic N) is 1. The van der Waals surface area contributed by atoms with E-state index < -0.39 is 12.8 Å². The van der Waals surface area contributed by atoms with E-state index in [1.54, 1.807) is 0 Å². The molecule has 1 N–H and O–H groups in total. The molecule has 1 aliphatic rings. The number of hydrogen-bond acceptors (Lipinski definition) is 4. The van der Waals surface area contributed by atoms with Gasteiger partial charge >= 0.3 is 6.18 Å². The number of hydrogen-bond donors (Lipinski definition) is 1. The molecule has 8 heteroatoms. The van der Waals surface area contributed by atoms with Crippen molar-refractivity contribution >= 4 is 5.91 Å². The fourth-order valence-corrected chi connectivity index (χ4v) is 3.00. The molecule has 1 saturated heterocycles. The Bertz CT molecular complexity index is 357. The maximum Gasteiger partial charge on any atom is 0.411 e. The van der Waals surface area contributed by atoms with Gasteiger partial charge in [0.1, 0.15) is 6.61 Å². The third kappa shape index (κ3) is 8.30. The van der Waals surface area contributed by atoms with Crippen LogP contribution in [0.3, 0.4) is 0 Å². The Morgan fingerprint density at radius 3 is 2.42 bits per heavy atom. The standard InChI is InChI=1S/C16H29F3N2O3/c1-3-13(4-2)14(21-6-9-23-10-7-21)11-20-15(22)5-8-24-12-16(17,18)19/h13-14H,3-12H2,1-2H3,(H,20,22). The Balaban J connectivity index is 2.38. The maximum atomic E-state index is 12.0. The number of halogens is 3. The highest BCUT2D eigenvalue weighted by Crippen LogP contribution is 2.19. The van der Waals surface area contributed by atoms with Gasteiger partial charge in [0.15, 0.2) is 0 Å². The number of alkyl halides is 3. The van der Waals surface area contributed by atoms with E-state index in [0.717, 1.165) is 25.9 Å². The predicted molar refractivity (Wildman–Crippen MR) is 84.8 cm³/mol. The van der Waals surface area contributed by atoms with Crippen LogP contribution in [0.15, 0.2) is 0 Å². The van der Waals surface area contributed by atoms with Crippen molar-refractivity contribution in [3.05, 3.63) is 0 Å². The molecule has 1 fully saturated rings. The molecule has 142 valence electrons. The summed E-state index contributed by atoms with van der Waals surface area (Å²) in [6, 6.07) is 0.226. The van der Waals surface area contributed by atoms with Crippen molar-refractivity contribution in [1.29, 1.82) is 0 Å². The molecule has 5 nitrogen and oxygen atoms in total. The van der Waals surface area contributed by atoms with Gasteiger partial charge in [0, 0.05) is 32.1 Å². The van der Waals surface area contributed by atoms with Crippen LogP contribution < -0.4 is 5.32 Å². The van der Waals surface area contributed by atoms with Gasteiger partial charge in [-0.3, -0.25) is 9.69 Å². The van der Waals surface area contributed by atoms with Crippen molar-refractivity contribution < 1.29 is 27.4 Å². The molecule has 0 aliphatic carbocycles. The molecule has 0 aromatic heterocycles. The Morgan fingerprint density at radius 1 is 1.25 bits per heavy atom. The van der Waals surface area contributed by atoms with Crippen LogP contribution in [0.1, 0.15) is 33.1 Å². The summed E-state index contributed by atoms with van der Waals surface area (Å²) in [4.78, 5) is 14.2. The highest BCUT2D eigenvalue weighted by molar-refractivity contribution is 5.75. The number of rotatable bonds is 10. The minimum atomic E-state index is -4.35. The van der Waals surface area contributed by atoms with Crippen molar-refractivity contribution in [2.24, 2.45) is 5.92 Å². The molecule has 1 aliphatic heterocycles. The molecular formula is C16H29F3N2O3. The minimum Gasteiger partial charge on any atom is -0.379 e. The Labute approximate surface area is 141 Å². The average molecular weight is 354 g/mol. The fourth-order valence-electron chi connectivity index (χ4n) is 3.00. The predicted octanol–water partition coefficient (Wildman–Crippen LogP) is 2.21. The summed E-state index contributed by atoms with van der Waals surface area (Å²) in [7, 11) is 0. The van der Waals surface area contributed by atoms with Gasteiger partial charge in [0.25, 0.3) is 0 Å². The van der Waals surface area contributed by atoms with Crippen LogP contribution in [-0.4, -0.2) is 69.1 Å². The topological polar surface area (TPSA) is 50.8 Å². The summed E-state index contributed by atoms with van der Waals surface area (Å²) in [5.74, 6) is 0.186. The quantitative estimate of drug-likeness (QED) is 0.611. The number of carbonyl (C=O) groups excluding carboxylic acids is 1. The zero-order valence-electron chi connectivity index (χ0n) is 14.5. The van der Waals surface area contributed by atoms with Gasteiger partial charge in [-0.25, -0.2) is 0 Å². The summed E-state index contributed by atoms with van der Waals surface area (Å²) in [5.41, 5.74) is 0. The Morgan fingerprint density at radius 2 is 1.88 bits per heavy atom. The van der Waals surface area contributed by atoms with Crippen LogP contribution >= 0.6 is 0 Å². The van der Waals surface area contributed by atoms with Gasteiger partial charge in [-0.05, 0) is 5.92 Å². The molecular weight excluding hydrogens is 325 g/mol. The lowest BCUT2D eigenvalue weighted by molar-refractivity contribution is -0.174. The molecule has 1 unspecified atom stereocenters. The number of nitrogens with one attached hydrogen (secondary N) is 1. The zero-order chi connectivity index (χ0) is 18.0. The molecule has 1 amide bonds.